The van der Waals surface area contributed by atoms with Gasteiger partial charge >= 0.3 is 0 Å². The van der Waals surface area contributed by atoms with Gasteiger partial charge in [0, 0.05) is 51.8 Å². The molecule has 0 bridgehead atoms. The van der Waals surface area contributed by atoms with Crippen LogP contribution in [0.4, 0.5) is 8.78 Å². The first-order chi connectivity index (χ1) is 13.9. The van der Waals surface area contributed by atoms with E-state index >= 15 is 0 Å². The highest BCUT2D eigenvalue weighted by molar-refractivity contribution is 5.96. The van der Waals surface area contributed by atoms with E-state index in [2.05, 4.69) is 10.1 Å². The molecular weight excluding hydrogens is 380 g/mol. The summed E-state index contributed by atoms with van der Waals surface area (Å²) in [6, 6.07) is 3.76. The van der Waals surface area contributed by atoms with Gasteiger partial charge in [-0.3, -0.25) is 19.3 Å². The monoisotopic (exact) mass is 403 g/mol. The molecule has 29 heavy (non-hydrogen) atoms. The molecule has 9 heteroatoms. The maximum atomic E-state index is 13.3. The van der Waals surface area contributed by atoms with Gasteiger partial charge in [0.1, 0.15) is 5.69 Å². The molecule has 2 fully saturated rings. The molecule has 7 nitrogen and oxygen atoms in total. The van der Waals surface area contributed by atoms with Gasteiger partial charge in [-0.2, -0.15) is 5.10 Å². The zero-order chi connectivity index (χ0) is 20.6. The third-order valence-electron chi connectivity index (χ3n) is 5.88. The molecule has 0 aromatic carbocycles. The van der Waals surface area contributed by atoms with Crippen molar-refractivity contribution in [3.63, 3.8) is 0 Å². The van der Waals surface area contributed by atoms with E-state index in [-0.39, 0.29) is 18.0 Å². The molecule has 0 N–H and O–H groups in total. The third kappa shape index (κ3) is 3.61. The molecule has 2 aliphatic rings. The lowest BCUT2D eigenvalue weighted by molar-refractivity contribution is -0.138. The molecule has 4 heterocycles. The van der Waals surface area contributed by atoms with Crippen molar-refractivity contribution in [1.82, 2.24) is 24.6 Å². The van der Waals surface area contributed by atoms with E-state index in [0.29, 0.717) is 38.9 Å². The van der Waals surface area contributed by atoms with Crippen molar-refractivity contribution in [3.05, 3.63) is 47.5 Å². The maximum absolute atomic E-state index is 13.3. The lowest BCUT2D eigenvalue weighted by Gasteiger charge is -2.39. The fourth-order valence-electron chi connectivity index (χ4n) is 4.44. The Hall–Kier alpha value is -2.84. The second-order valence-electron chi connectivity index (χ2n) is 7.85. The third-order valence-corrected chi connectivity index (χ3v) is 5.88. The van der Waals surface area contributed by atoms with Crippen molar-refractivity contribution in [2.45, 2.75) is 32.2 Å². The largest absolute Gasteiger partial charge is 0.338 e. The summed E-state index contributed by atoms with van der Waals surface area (Å²) >= 11 is 0. The molecule has 0 radical (unpaired) electrons. The number of rotatable bonds is 4. The summed E-state index contributed by atoms with van der Waals surface area (Å²) in [7, 11) is 1.51. The first-order valence-electron chi connectivity index (χ1n) is 9.69. The van der Waals surface area contributed by atoms with Crippen molar-refractivity contribution in [3.8, 4) is 0 Å². The van der Waals surface area contributed by atoms with Crippen LogP contribution < -0.4 is 0 Å². The summed E-state index contributed by atoms with van der Waals surface area (Å²) in [6.07, 6.45) is 3.94. The molecule has 2 aliphatic heterocycles. The Morgan fingerprint density at radius 2 is 2.00 bits per heavy atom. The van der Waals surface area contributed by atoms with E-state index in [4.69, 9.17) is 0 Å². The molecule has 2 aromatic heterocycles. The van der Waals surface area contributed by atoms with Crippen molar-refractivity contribution >= 4 is 11.8 Å². The van der Waals surface area contributed by atoms with Crippen LogP contribution in [-0.2, 0) is 18.4 Å². The lowest BCUT2D eigenvalue weighted by atomic mass is 9.78. The van der Waals surface area contributed by atoms with Crippen LogP contribution in [0.5, 0.6) is 0 Å². The van der Waals surface area contributed by atoms with Gasteiger partial charge in [-0.25, -0.2) is 8.78 Å². The van der Waals surface area contributed by atoms with Gasteiger partial charge in [-0.05, 0) is 37.0 Å². The van der Waals surface area contributed by atoms with Crippen LogP contribution in [-0.4, -0.2) is 56.0 Å². The van der Waals surface area contributed by atoms with Crippen LogP contribution in [0.15, 0.2) is 30.7 Å². The van der Waals surface area contributed by atoms with Crippen molar-refractivity contribution in [2.24, 2.45) is 12.5 Å². The number of carbonyl (C=O) groups excluding carboxylic acids is 2. The number of hydrogen-bond acceptors (Lipinski definition) is 4. The van der Waals surface area contributed by atoms with Crippen molar-refractivity contribution in [1.29, 1.82) is 0 Å². The maximum Gasteiger partial charge on any atom is 0.282 e. The predicted molar refractivity (Wildman–Crippen MR) is 100 cm³/mol. The first kappa shape index (κ1) is 19.5. The van der Waals surface area contributed by atoms with Crippen LogP contribution in [0.1, 0.15) is 47.3 Å². The van der Waals surface area contributed by atoms with Crippen LogP contribution in [0.2, 0.25) is 0 Å². The van der Waals surface area contributed by atoms with Gasteiger partial charge in [0.2, 0.25) is 5.91 Å². The van der Waals surface area contributed by atoms with Crippen molar-refractivity contribution in [2.75, 3.05) is 19.6 Å². The Morgan fingerprint density at radius 1 is 1.24 bits per heavy atom. The summed E-state index contributed by atoms with van der Waals surface area (Å²) in [4.78, 5) is 33.5. The molecule has 2 aromatic rings. The zero-order valence-corrected chi connectivity index (χ0v) is 16.2. The second kappa shape index (κ2) is 7.53. The molecule has 2 amide bonds. The quantitative estimate of drug-likeness (QED) is 0.786. The van der Waals surface area contributed by atoms with E-state index in [1.54, 1.807) is 17.3 Å². The minimum absolute atomic E-state index is 0.0343. The number of pyridine rings is 1. The number of nitrogens with zero attached hydrogens (tertiary/aromatic N) is 5. The molecule has 4 rings (SSSR count). The average Bonchev–Trinajstić information content (AvgIpc) is 3.24. The van der Waals surface area contributed by atoms with Gasteiger partial charge < -0.3 is 9.80 Å². The summed E-state index contributed by atoms with van der Waals surface area (Å²) in [5, 5.41) is 3.73. The van der Waals surface area contributed by atoms with E-state index in [9.17, 15) is 18.4 Å². The highest BCUT2D eigenvalue weighted by Gasteiger charge is 2.49. The number of alkyl halides is 2. The lowest BCUT2D eigenvalue weighted by Crippen LogP contribution is -2.49. The van der Waals surface area contributed by atoms with E-state index in [1.165, 1.54) is 17.9 Å². The second-order valence-corrected chi connectivity index (χ2v) is 7.85. The Morgan fingerprint density at radius 3 is 2.72 bits per heavy atom. The van der Waals surface area contributed by atoms with Gasteiger partial charge in [0.25, 0.3) is 12.3 Å². The van der Waals surface area contributed by atoms with E-state index in [0.717, 1.165) is 5.56 Å². The molecule has 154 valence electrons. The first-order valence-corrected chi connectivity index (χ1v) is 9.69. The number of amides is 2. The van der Waals surface area contributed by atoms with Crippen LogP contribution in [0.3, 0.4) is 0 Å². The van der Waals surface area contributed by atoms with Gasteiger partial charge in [0.15, 0.2) is 0 Å². The predicted octanol–water partition coefficient (Wildman–Crippen LogP) is 2.41. The normalized spacial score (nSPS) is 22.1. The minimum atomic E-state index is -2.82. The number of aromatic nitrogens is 3. The number of likely N-dealkylation sites (tertiary alicyclic amines) is 2. The standard InChI is InChI=1S/C20H23F2N5O2/c1-25-12-15(16(24-25)17(21)22)18(28)27-9-2-5-20(13-27)6-10-26(19(20)29)11-14-3-7-23-8-4-14/h3-4,7-8,12,17H,2,5-6,9-11,13H2,1H3/t20-/m1/s1. The summed E-state index contributed by atoms with van der Waals surface area (Å²) < 4.78 is 27.8. The number of halogens is 2. The number of hydrogen-bond donors (Lipinski definition) is 0. The molecule has 0 unspecified atom stereocenters. The number of aryl methyl sites for hydroxylation is 1. The van der Waals surface area contributed by atoms with Gasteiger partial charge in [-0.1, -0.05) is 0 Å². The molecule has 0 aliphatic carbocycles. The molecule has 2 saturated heterocycles. The van der Waals surface area contributed by atoms with E-state index < -0.39 is 23.4 Å². The van der Waals surface area contributed by atoms with E-state index in [1.807, 2.05) is 17.0 Å². The van der Waals surface area contributed by atoms with Crippen LogP contribution in [0, 0.1) is 5.41 Å². The Kier molecular flexibility index (Phi) is 5.06. The Bertz CT molecular complexity index is 917. The fourth-order valence-corrected chi connectivity index (χ4v) is 4.44. The number of carbonyl (C=O) groups is 2. The highest BCUT2D eigenvalue weighted by atomic mass is 19.3. The fraction of sp³-hybridized carbons (Fsp3) is 0.500. The molecular formula is C20H23F2N5O2. The Balaban J connectivity index is 1.51. The summed E-state index contributed by atoms with van der Waals surface area (Å²) in [5.74, 6) is -0.444. The molecule has 1 atom stereocenters. The number of piperidine rings is 1. The molecule has 1 spiro atoms. The highest BCUT2D eigenvalue weighted by Crippen LogP contribution is 2.41. The van der Waals surface area contributed by atoms with Crippen LogP contribution >= 0.6 is 0 Å². The average molecular weight is 403 g/mol. The topological polar surface area (TPSA) is 71.3 Å². The van der Waals surface area contributed by atoms with Gasteiger partial charge in [0.05, 0.1) is 11.0 Å². The minimum Gasteiger partial charge on any atom is -0.338 e. The summed E-state index contributed by atoms with van der Waals surface area (Å²) in [6.45, 7) is 1.85. The summed E-state index contributed by atoms with van der Waals surface area (Å²) in [5.41, 5.74) is -0.215. The molecule has 0 saturated carbocycles. The van der Waals surface area contributed by atoms with Crippen molar-refractivity contribution < 1.29 is 18.4 Å². The Labute approximate surface area is 167 Å². The SMILES string of the molecule is Cn1cc(C(=O)N2CCC[C@@]3(CCN(Cc4ccncc4)C3=O)C2)c(C(F)F)n1. The zero-order valence-electron chi connectivity index (χ0n) is 16.2. The van der Waals surface area contributed by atoms with Crippen LogP contribution in [0.25, 0.3) is 0 Å². The smallest absolute Gasteiger partial charge is 0.282 e. The van der Waals surface area contributed by atoms with Gasteiger partial charge in [-0.15, -0.1) is 0 Å².